The highest BCUT2D eigenvalue weighted by Crippen LogP contribution is 2.40. The van der Waals surface area contributed by atoms with Crippen molar-refractivity contribution in [2.75, 3.05) is 0 Å². The molecule has 0 bridgehead atoms. The summed E-state index contributed by atoms with van der Waals surface area (Å²) in [5, 5.41) is 20.5. The molecule has 0 spiro atoms. The van der Waals surface area contributed by atoms with E-state index in [4.69, 9.17) is 0 Å². The van der Waals surface area contributed by atoms with E-state index in [0.29, 0.717) is 11.6 Å². The summed E-state index contributed by atoms with van der Waals surface area (Å²) >= 11 is 0. The molecule has 0 saturated heterocycles. The topological polar surface area (TPSA) is 56.2 Å². The molecular formula is C16H21NO2. The van der Waals surface area contributed by atoms with E-state index in [1.165, 1.54) is 19.3 Å². The first-order valence-corrected chi connectivity index (χ1v) is 7.15. The Balaban J connectivity index is 2.18. The van der Waals surface area contributed by atoms with Crippen LogP contribution in [0.15, 0.2) is 18.2 Å². The van der Waals surface area contributed by atoms with Crippen LogP contribution in [0.4, 0.5) is 0 Å². The van der Waals surface area contributed by atoms with Crippen LogP contribution in [-0.2, 0) is 0 Å². The van der Waals surface area contributed by atoms with Gasteiger partial charge in [-0.2, -0.15) is 0 Å². The predicted molar refractivity (Wildman–Crippen MR) is 76.0 cm³/mol. The second-order valence-corrected chi connectivity index (χ2v) is 5.66. The minimum absolute atomic E-state index is 0.459. The molecule has 1 aliphatic carbocycles. The number of para-hydroxylation sites is 1. The smallest absolute Gasteiger partial charge is 0.194 e. The molecule has 3 nitrogen and oxygen atoms in total. The number of hydrogen-bond donors (Lipinski definition) is 3. The predicted octanol–water partition coefficient (Wildman–Crippen LogP) is 3.51. The summed E-state index contributed by atoms with van der Waals surface area (Å²) in [6.07, 6.45) is 4.67. The molecular weight excluding hydrogens is 238 g/mol. The van der Waals surface area contributed by atoms with Crippen molar-refractivity contribution in [3.8, 4) is 0 Å². The van der Waals surface area contributed by atoms with Crippen molar-refractivity contribution in [2.45, 2.75) is 51.2 Å². The molecule has 2 aromatic rings. The Morgan fingerprint density at radius 2 is 1.89 bits per heavy atom. The molecule has 0 unspecified atom stereocenters. The van der Waals surface area contributed by atoms with Crippen molar-refractivity contribution in [2.24, 2.45) is 0 Å². The maximum absolute atomic E-state index is 9.65. The van der Waals surface area contributed by atoms with Crippen molar-refractivity contribution in [1.82, 2.24) is 4.98 Å². The average molecular weight is 259 g/mol. The Kier molecular flexibility index (Phi) is 3.33. The van der Waals surface area contributed by atoms with Gasteiger partial charge in [-0.1, -0.05) is 37.5 Å². The van der Waals surface area contributed by atoms with E-state index >= 15 is 0 Å². The fraction of sp³-hybridized carbons (Fsp3) is 0.500. The van der Waals surface area contributed by atoms with E-state index in [-0.39, 0.29) is 0 Å². The number of aliphatic hydroxyl groups is 2. The summed E-state index contributed by atoms with van der Waals surface area (Å²) in [7, 11) is 0. The zero-order valence-electron chi connectivity index (χ0n) is 11.3. The van der Waals surface area contributed by atoms with Gasteiger partial charge in [-0.3, -0.25) is 0 Å². The summed E-state index contributed by atoms with van der Waals surface area (Å²) in [5.41, 5.74) is 3.93. The maximum atomic E-state index is 9.65. The first-order chi connectivity index (χ1) is 9.18. The standard InChI is InChI=1S/C16H21NO2/c1-10-6-5-9-12-13(11-7-3-2-4-8-11)15(16(18)19)17-14(10)12/h5-6,9,11,16-19H,2-4,7-8H2,1H3. The molecule has 0 aliphatic heterocycles. The number of fused-ring (bicyclic) bond motifs is 1. The summed E-state index contributed by atoms with van der Waals surface area (Å²) < 4.78 is 0. The van der Waals surface area contributed by atoms with Gasteiger partial charge in [-0.25, -0.2) is 0 Å². The van der Waals surface area contributed by atoms with Crippen molar-refractivity contribution in [3.05, 3.63) is 35.0 Å². The maximum Gasteiger partial charge on any atom is 0.194 e. The van der Waals surface area contributed by atoms with Gasteiger partial charge in [-0.05, 0) is 36.8 Å². The molecule has 1 aromatic carbocycles. The number of rotatable bonds is 2. The molecule has 1 heterocycles. The lowest BCUT2D eigenvalue weighted by Gasteiger charge is -2.23. The molecule has 19 heavy (non-hydrogen) atoms. The highest BCUT2D eigenvalue weighted by Gasteiger charge is 2.25. The molecule has 1 aromatic heterocycles. The Bertz CT molecular complexity index is 580. The van der Waals surface area contributed by atoms with Crippen LogP contribution in [0.25, 0.3) is 10.9 Å². The number of H-pyrrole nitrogens is 1. The SMILES string of the molecule is Cc1cccc2c(C3CCCCC3)c(C(O)O)[nH]c12. The lowest BCUT2D eigenvalue weighted by Crippen LogP contribution is -2.08. The number of aliphatic hydroxyl groups excluding tert-OH is 1. The zero-order chi connectivity index (χ0) is 13.4. The van der Waals surface area contributed by atoms with Crippen LogP contribution in [0.2, 0.25) is 0 Å². The minimum Gasteiger partial charge on any atom is -0.363 e. The second kappa shape index (κ2) is 4.99. The van der Waals surface area contributed by atoms with Crippen molar-refractivity contribution >= 4 is 10.9 Å². The van der Waals surface area contributed by atoms with Gasteiger partial charge in [0.25, 0.3) is 0 Å². The van der Waals surface area contributed by atoms with Gasteiger partial charge < -0.3 is 15.2 Å². The van der Waals surface area contributed by atoms with Gasteiger partial charge in [-0.15, -0.1) is 0 Å². The van der Waals surface area contributed by atoms with Gasteiger partial charge in [0, 0.05) is 10.9 Å². The van der Waals surface area contributed by atoms with Crippen LogP contribution < -0.4 is 0 Å². The van der Waals surface area contributed by atoms with E-state index in [0.717, 1.165) is 34.9 Å². The number of aryl methyl sites for hydroxylation is 1. The third-order valence-electron chi connectivity index (χ3n) is 4.38. The van der Waals surface area contributed by atoms with Crippen LogP contribution in [-0.4, -0.2) is 15.2 Å². The number of benzene rings is 1. The molecule has 3 heteroatoms. The van der Waals surface area contributed by atoms with E-state index in [2.05, 4.69) is 24.0 Å². The lowest BCUT2D eigenvalue weighted by molar-refractivity contribution is -0.0462. The van der Waals surface area contributed by atoms with Crippen LogP contribution in [0, 0.1) is 6.92 Å². The monoisotopic (exact) mass is 259 g/mol. The third kappa shape index (κ3) is 2.17. The first kappa shape index (κ1) is 12.7. The number of nitrogens with one attached hydrogen (secondary N) is 1. The number of aromatic nitrogens is 1. The Labute approximate surface area is 113 Å². The highest BCUT2D eigenvalue weighted by atomic mass is 16.5. The van der Waals surface area contributed by atoms with Crippen molar-refractivity contribution in [3.63, 3.8) is 0 Å². The van der Waals surface area contributed by atoms with E-state index in [9.17, 15) is 10.2 Å². The summed E-state index contributed by atoms with van der Waals surface area (Å²) in [5.74, 6) is 0.459. The van der Waals surface area contributed by atoms with Crippen LogP contribution in [0.5, 0.6) is 0 Å². The molecule has 1 saturated carbocycles. The van der Waals surface area contributed by atoms with Gasteiger partial charge in [0.2, 0.25) is 0 Å². The number of hydrogen-bond acceptors (Lipinski definition) is 2. The van der Waals surface area contributed by atoms with Crippen LogP contribution in [0.1, 0.15) is 61.1 Å². The summed E-state index contributed by atoms with van der Waals surface area (Å²) in [6, 6.07) is 6.19. The van der Waals surface area contributed by atoms with Crippen molar-refractivity contribution in [1.29, 1.82) is 0 Å². The quantitative estimate of drug-likeness (QED) is 0.723. The fourth-order valence-electron chi connectivity index (χ4n) is 3.44. The average Bonchev–Trinajstić information content (AvgIpc) is 2.81. The molecule has 1 aliphatic rings. The molecule has 102 valence electrons. The largest absolute Gasteiger partial charge is 0.363 e. The molecule has 3 rings (SSSR count). The third-order valence-corrected chi connectivity index (χ3v) is 4.38. The molecule has 0 amide bonds. The normalized spacial score (nSPS) is 17.5. The molecule has 3 N–H and O–H groups in total. The lowest BCUT2D eigenvalue weighted by atomic mass is 9.82. The van der Waals surface area contributed by atoms with Gasteiger partial charge in [0.15, 0.2) is 6.29 Å². The highest BCUT2D eigenvalue weighted by molar-refractivity contribution is 5.88. The summed E-state index contributed by atoms with van der Waals surface area (Å²) in [4.78, 5) is 3.23. The number of aromatic amines is 1. The second-order valence-electron chi connectivity index (χ2n) is 5.66. The zero-order valence-corrected chi connectivity index (χ0v) is 11.3. The first-order valence-electron chi connectivity index (χ1n) is 7.15. The Morgan fingerprint density at radius 3 is 2.58 bits per heavy atom. The van der Waals surface area contributed by atoms with E-state index < -0.39 is 6.29 Å². The van der Waals surface area contributed by atoms with Gasteiger partial charge >= 0.3 is 0 Å². The van der Waals surface area contributed by atoms with Crippen LogP contribution >= 0.6 is 0 Å². The van der Waals surface area contributed by atoms with Crippen molar-refractivity contribution < 1.29 is 10.2 Å². The van der Waals surface area contributed by atoms with Gasteiger partial charge in [0.05, 0.1) is 5.69 Å². The summed E-state index contributed by atoms with van der Waals surface area (Å²) in [6.45, 7) is 2.05. The minimum atomic E-state index is -1.41. The van der Waals surface area contributed by atoms with Crippen LogP contribution in [0.3, 0.4) is 0 Å². The van der Waals surface area contributed by atoms with Gasteiger partial charge in [0.1, 0.15) is 0 Å². The fourth-order valence-corrected chi connectivity index (χ4v) is 3.44. The molecule has 0 atom stereocenters. The van der Waals surface area contributed by atoms with E-state index in [1.54, 1.807) is 0 Å². The van der Waals surface area contributed by atoms with E-state index in [1.807, 2.05) is 6.07 Å². The Morgan fingerprint density at radius 1 is 1.16 bits per heavy atom. The molecule has 1 fully saturated rings. The molecule has 0 radical (unpaired) electrons. The Hall–Kier alpha value is -1.32.